The van der Waals surface area contributed by atoms with E-state index in [-0.39, 0.29) is 11.6 Å². The van der Waals surface area contributed by atoms with Crippen LogP contribution in [0.5, 0.6) is 0 Å². The molecule has 0 aliphatic carbocycles. The van der Waals surface area contributed by atoms with Gasteiger partial charge in [0.15, 0.2) is 0 Å². The monoisotopic (exact) mass is 181 g/mol. The zero-order valence-corrected chi connectivity index (χ0v) is 6.66. The average Bonchev–Trinajstić information content (AvgIpc) is 2.07. The Kier molecular flexibility index (Phi) is 1.54. The Balaban J connectivity index is 2.77. The predicted molar refractivity (Wildman–Crippen MR) is 43.7 cm³/mol. The number of nitrogens with zero attached hydrogens (tertiary/aromatic N) is 1. The van der Waals surface area contributed by atoms with Gasteiger partial charge in [-0.05, 0) is 0 Å². The van der Waals surface area contributed by atoms with Gasteiger partial charge in [-0.2, -0.15) is 0 Å². The lowest BCUT2D eigenvalue weighted by molar-refractivity contribution is 0.0924. The van der Waals surface area contributed by atoms with Crippen molar-refractivity contribution in [2.75, 3.05) is 6.54 Å². The molecule has 0 radical (unpaired) electrons. The van der Waals surface area contributed by atoms with Crippen LogP contribution >= 0.6 is 0 Å². The Labute approximate surface area is 72.2 Å². The van der Waals surface area contributed by atoms with Crippen molar-refractivity contribution < 1.29 is 4.79 Å². The van der Waals surface area contributed by atoms with Crippen molar-refractivity contribution in [2.45, 2.75) is 6.54 Å². The van der Waals surface area contributed by atoms with Gasteiger partial charge in [0.1, 0.15) is 5.69 Å². The molecule has 2 heterocycles. The summed E-state index contributed by atoms with van der Waals surface area (Å²) in [6.07, 6.45) is 0. The van der Waals surface area contributed by atoms with E-state index in [1.54, 1.807) is 0 Å². The van der Waals surface area contributed by atoms with Crippen LogP contribution in [-0.4, -0.2) is 22.0 Å². The topological polar surface area (TPSA) is 84.0 Å². The van der Waals surface area contributed by atoms with E-state index < -0.39 is 11.2 Å². The van der Waals surface area contributed by atoms with Gasteiger partial charge in [-0.15, -0.1) is 0 Å². The van der Waals surface area contributed by atoms with Crippen molar-refractivity contribution in [3.05, 3.63) is 32.6 Å². The summed E-state index contributed by atoms with van der Waals surface area (Å²) in [4.78, 5) is 35.3. The zero-order chi connectivity index (χ0) is 9.42. The number of rotatable bonds is 0. The number of carbonyl (C=O) groups is 1. The van der Waals surface area contributed by atoms with E-state index in [4.69, 9.17) is 0 Å². The summed E-state index contributed by atoms with van der Waals surface area (Å²) in [5, 5.41) is 2.54. The maximum atomic E-state index is 11.2. The van der Waals surface area contributed by atoms with Gasteiger partial charge in [-0.1, -0.05) is 0 Å². The molecule has 1 aliphatic rings. The third kappa shape index (κ3) is 1.16. The Morgan fingerprint density at radius 3 is 2.85 bits per heavy atom. The first-order chi connectivity index (χ1) is 6.18. The summed E-state index contributed by atoms with van der Waals surface area (Å²) in [7, 11) is 0. The molecule has 6 nitrogen and oxygen atoms in total. The Morgan fingerprint density at radius 1 is 1.31 bits per heavy atom. The fourth-order valence-electron chi connectivity index (χ4n) is 1.30. The van der Waals surface area contributed by atoms with Crippen LogP contribution in [0.1, 0.15) is 10.5 Å². The minimum Gasteiger partial charge on any atom is -0.349 e. The molecule has 68 valence electrons. The van der Waals surface area contributed by atoms with Gasteiger partial charge in [-0.25, -0.2) is 4.79 Å². The summed E-state index contributed by atoms with van der Waals surface area (Å²) >= 11 is 0. The van der Waals surface area contributed by atoms with E-state index in [2.05, 4.69) is 10.3 Å². The van der Waals surface area contributed by atoms with Gasteiger partial charge >= 0.3 is 5.69 Å². The molecule has 1 aromatic rings. The average molecular weight is 181 g/mol. The molecule has 0 fully saturated rings. The van der Waals surface area contributed by atoms with Gasteiger partial charge in [0.25, 0.3) is 11.5 Å². The SMILES string of the molecule is O=C1NCCn2c1cc(=O)[nH]c2=O. The number of aromatic amines is 1. The summed E-state index contributed by atoms with van der Waals surface area (Å²) in [5.74, 6) is -0.380. The van der Waals surface area contributed by atoms with E-state index in [9.17, 15) is 14.4 Å². The molecule has 1 aromatic heterocycles. The van der Waals surface area contributed by atoms with Crippen LogP contribution in [0.15, 0.2) is 15.7 Å². The first-order valence-electron chi connectivity index (χ1n) is 3.81. The van der Waals surface area contributed by atoms with Gasteiger partial charge in [0, 0.05) is 19.2 Å². The summed E-state index contributed by atoms with van der Waals surface area (Å²) in [6.45, 7) is 0.814. The zero-order valence-electron chi connectivity index (χ0n) is 6.66. The Hall–Kier alpha value is -1.85. The number of hydrogen-bond donors (Lipinski definition) is 2. The number of fused-ring (bicyclic) bond motifs is 1. The molecular weight excluding hydrogens is 174 g/mol. The third-order valence-corrected chi connectivity index (χ3v) is 1.89. The predicted octanol–water partition coefficient (Wildman–Crippen LogP) is -1.72. The first kappa shape index (κ1) is 7.78. The molecule has 0 saturated heterocycles. The second-order valence-electron chi connectivity index (χ2n) is 2.73. The number of H-pyrrole nitrogens is 1. The summed E-state index contributed by atoms with van der Waals surface area (Å²) in [5.41, 5.74) is -0.953. The van der Waals surface area contributed by atoms with Crippen LogP contribution < -0.4 is 16.6 Å². The molecule has 1 aliphatic heterocycles. The molecule has 0 spiro atoms. The lowest BCUT2D eigenvalue weighted by Crippen LogP contribution is -2.44. The highest BCUT2D eigenvalue weighted by atomic mass is 16.2. The highest BCUT2D eigenvalue weighted by Crippen LogP contribution is 1.96. The van der Waals surface area contributed by atoms with E-state index in [1.807, 2.05) is 0 Å². The van der Waals surface area contributed by atoms with Crippen LogP contribution in [0.2, 0.25) is 0 Å². The first-order valence-corrected chi connectivity index (χ1v) is 3.81. The van der Waals surface area contributed by atoms with Crippen molar-refractivity contribution in [1.29, 1.82) is 0 Å². The lowest BCUT2D eigenvalue weighted by atomic mass is 10.3. The second kappa shape index (κ2) is 2.58. The molecule has 2 rings (SSSR count). The van der Waals surface area contributed by atoms with Gasteiger partial charge in [-0.3, -0.25) is 19.1 Å². The molecule has 0 unspecified atom stereocenters. The fourth-order valence-corrected chi connectivity index (χ4v) is 1.30. The highest BCUT2D eigenvalue weighted by molar-refractivity contribution is 5.92. The molecular formula is C7H7N3O3. The fraction of sp³-hybridized carbons (Fsp3) is 0.286. The van der Waals surface area contributed by atoms with Crippen molar-refractivity contribution in [2.24, 2.45) is 0 Å². The van der Waals surface area contributed by atoms with Gasteiger partial charge < -0.3 is 5.32 Å². The molecule has 0 aromatic carbocycles. The van der Waals surface area contributed by atoms with E-state index >= 15 is 0 Å². The van der Waals surface area contributed by atoms with Crippen molar-refractivity contribution >= 4 is 5.91 Å². The second-order valence-corrected chi connectivity index (χ2v) is 2.73. The van der Waals surface area contributed by atoms with Gasteiger partial charge in [0.05, 0.1) is 0 Å². The largest absolute Gasteiger partial charge is 0.349 e. The summed E-state index contributed by atoms with van der Waals surface area (Å²) in [6, 6.07) is 1.12. The number of nitrogens with one attached hydrogen (secondary N) is 2. The van der Waals surface area contributed by atoms with Crippen molar-refractivity contribution in [1.82, 2.24) is 14.9 Å². The van der Waals surface area contributed by atoms with E-state index in [1.165, 1.54) is 4.57 Å². The smallest absolute Gasteiger partial charge is 0.329 e. The Bertz CT molecular complexity index is 471. The van der Waals surface area contributed by atoms with Gasteiger partial charge in [0.2, 0.25) is 0 Å². The molecule has 6 heteroatoms. The van der Waals surface area contributed by atoms with E-state index in [0.29, 0.717) is 13.1 Å². The van der Waals surface area contributed by atoms with Crippen LogP contribution in [-0.2, 0) is 6.54 Å². The van der Waals surface area contributed by atoms with Crippen LogP contribution in [0, 0.1) is 0 Å². The molecule has 2 N–H and O–H groups in total. The maximum Gasteiger partial charge on any atom is 0.329 e. The molecule has 0 bridgehead atoms. The molecule has 0 atom stereocenters. The third-order valence-electron chi connectivity index (χ3n) is 1.89. The highest BCUT2D eigenvalue weighted by Gasteiger charge is 2.17. The molecule has 0 saturated carbocycles. The quantitative estimate of drug-likeness (QED) is 0.499. The minimum absolute atomic E-state index is 0.125. The number of carbonyl (C=O) groups excluding carboxylic acids is 1. The standard InChI is InChI=1S/C7H7N3O3/c11-5-3-4-6(12)8-1-2-10(4)7(13)9-5/h3H,1-2H2,(H,8,12)(H,9,11,13). The molecule has 13 heavy (non-hydrogen) atoms. The number of hydrogen-bond acceptors (Lipinski definition) is 3. The van der Waals surface area contributed by atoms with Crippen molar-refractivity contribution in [3.8, 4) is 0 Å². The normalized spacial score (nSPS) is 14.9. The number of amides is 1. The van der Waals surface area contributed by atoms with Crippen molar-refractivity contribution in [3.63, 3.8) is 0 Å². The van der Waals surface area contributed by atoms with E-state index in [0.717, 1.165) is 6.07 Å². The van der Waals surface area contributed by atoms with Crippen LogP contribution in [0.25, 0.3) is 0 Å². The maximum absolute atomic E-state index is 11.2. The molecule has 1 amide bonds. The summed E-state index contributed by atoms with van der Waals surface area (Å²) < 4.78 is 1.25. The van der Waals surface area contributed by atoms with Crippen LogP contribution in [0.3, 0.4) is 0 Å². The number of aromatic nitrogens is 2. The minimum atomic E-state index is -0.548. The lowest BCUT2D eigenvalue weighted by Gasteiger charge is -2.16. The van der Waals surface area contributed by atoms with Crippen LogP contribution in [0.4, 0.5) is 0 Å². The Morgan fingerprint density at radius 2 is 2.08 bits per heavy atom.